The van der Waals surface area contributed by atoms with E-state index in [0.29, 0.717) is 10.5 Å². The summed E-state index contributed by atoms with van der Waals surface area (Å²) in [5, 5.41) is 10.6. The van der Waals surface area contributed by atoms with Crippen molar-refractivity contribution < 1.29 is 56.1 Å². The molecule has 3 fully saturated rings. The number of methoxy groups -OCH3 is 1. The van der Waals surface area contributed by atoms with E-state index in [1.54, 1.807) is 6.08 Å². The first-order valence-electron chi connectivity index (χ1n) is 13.7. The van der Waals surface area contributed by atoms with Crippen LogP contribution >= 0.6 is 11.6 Å². The van der Waals surface area contributed by atoms with Gasteiger partial charge in [0.05, 0.1) is 41.0 Å². The summed E-state index contributed by atoms with van der Waals surface area (Å²) in [5.74, 6) is -11.0. The molecule has 15 heteroatoms. The van der Waals surface area contributed by atoms with Crippen LogP contribution in [0.3, 0.4) is 0 Å². The van der Waals surface area contributed by atoms with Gasteiger partial charge < -0.3 is 14.6 Å². The number of aromatic hydroxyl groups is 1. The highest BCUT2D eigenvalue weighted by Gasteiger charge is 2.68. The number of hydrogen-bond donors (Lipinski definition) is 1. The summed E-state index contributed by atoms with van der Waals surface area (Å²) < 4.78 is 62.3. The minimum Gasteiger partial charge on any atom is -0.508 e. The molecule has 236 valence electrons. The molecule has 0 spiro atoms. The lowest BCUT2D eigenvalue weighted by Gasteiger charge is -2.49. The number of hydrogen-bond acceptors (Lipinski definition) is 8. The summed E-state index contributed by atoms with van der Waals surface area (Å²) in [6.45, 7) is 1.43. The smallest absolute Gasteiger partial charge is 0.508 e. The zero-order chi connectivity index (χ0) is 32.7. The van der Waals surface area contributed by atoms with Crippen LogP contribution in [0.15, 0.2) is 48.0 Å². The Hall–Kier alpha value is -4.46. The largest absolute Gasteiger partial charge is 0.573 e. The van der Waals surface area contributed by atoms with Gasteiger partial charge in [0.15, 0.2) is 0 Å². The van der Waals surface area contributed by atoms with Crippen LogP contribution in [0.2, 0.25) is 5.02 Å². The Balaban J connectivity index is 1.54. The van der Waals surface area contributed by atoms with Crippen molar-refractivity contribution in [2.75, 3.05) is 12.0 Å². The molecule has 2 heterocycles. The molecule has 10 nitrogen and oxygen atoms in total. The Morgan fingerprint density at radius 3 is 2.40 bits per heavy atom. The van der Waals surface area contributed by atoms with Crippen LogP contribution in [-0.4, -0.2) is 53.2 Å². The van der Waals surface area contributed by atoms with Gasteiger partial charge in [0, 0.05) is 11.5 Å². The number of halogens is 5. The first-order chi connectivity index (χ1) is 21.1. The normalized spacial score (nSPS) is 29.3. The molecule has 0 bridgehead atoms. The van der Waals surface area contributed by atoms with E-state index in [2.05, 4.69) is 9.47 Å². The summed E-state index contributed by atoms with van der Waals surface area (Å²) >= 11 is 5.95. The van der Waals surface area contributed by atoms with Gasteiger partial charge >= 0.3 is 12.5 Å². The fourth-order valence-corrected chi connectivity index (χ4v) is 7.64. The Morgan fingerprint density at radius 2 is 1.76 bits per heavy atom. The van der Waals surface area contributed by atoms with Crippen molar-refractivity contribution >= 4 is 47.0 Å². The van der Waals surface area contributed by atoms with Gasteiger partial charge in [-0.15, -0.1) is 13.2 Å². The number of nitrogens with zero attached hydrogens (tertiary/aromatic N) is 2. The fraction of sp³-hybridized carbons (Fsp3) is 0.367. The number of carbonyl (C=O) groups excluding carboxylic acids is 5. The number of ether oxygens (including phenoxy) is 2. The standard InChI is InChI=1S/C30H23ClF4N2O8/c1-29-18(25(40)36(27(29)42)12-3-7-20(32)19(31)9-12)11-16-14(5-6-15-22(16)26(41)37(24(15)39)28(43)44-2)23(29)17-10-13(4-8-21(17)38)45-30(33,34)35/h3-5,7-10,15-16,18,22-23,38H,6,11H2,1-2H3/t15-,16+,18-,22-,23+,29+/m0/s1. The monoisotopic (exact) mass is 650 g/mol. The molecule has 2 aromatic carbocycles. The van der Waals surface area contributed by atoms with E-state index in [4.69, 9.17) is 11.6 Å². The molecule has 2 saturated heterocycles. The lowest BCUT2D eigenvalue weighted by atomic mass is 9.51. The van der Waals surface area contributed by atoms with Crippen molar-refractivity contribution in [3.8, 4) is 11.5 Å². The molecule has 4 aliphatic rings. The van der Waals surface area contributed by atoms with E-state index in [1.165, 1.54) is 6.92 Å². The first-order valence-corrected chi connectivity index (χ1v) is 14.1. The van der Waals surface area contributed by atoms with E-state index < -0.39 is 88.4 Å². The number of fused-ring (bicyclic) bond motifs is 4. The maximum absolute atomic E-state index is 14.3. The third kappa shape index (κ3) is 4.48. The number of likely N-dealkylation sites (tertiary alicyclic amines) is 1. The maximum Gasteiger partial charge on any atom is 0.573 e. The summed E-state index contributed by atoms with van der Waals surface area (Å²) in [7, 11) is 0.995. The molecule has 0 aromatic heterocycles. The van der Waals surface area contributed by atoms with Crippen molar-refractivity contribution in [3.63, 3.8) is 0 Å². The molecule has 1 N–H and O–H groups in total. The molecule has 45 heavy (non-hydrogen) atoms. The molecule has 2 aromatic rings. The molecule has 0 radical (unpaired) electrons. The van der Waals surface area contributed by atoms with Crippen molar-refractivity contribution in [2.45, 2.75) is 32.0 Å². The van der Waals surface area contributed by atoms with E-state index in [1.807, 2.05) is 0 Å². The van der Waals surface area contributed by atoms with Gasteiger partial charge in [-0.05, 0) is 62.1 Å². The van der Waals surface area contributed by atoms with Crippen molar-refractivity contribution in [1.29, 1.82) is 0 Å². The van der Waals surface area contributed by atoms with E-state index >= 15 is 0 Å². The number of benzene rings is 2. The number of rotatable bonds is 3. The third-order valence-electron chi connectivity index (χ3n) is 9.34. The van der Waals surface area contributed by atoms with Gasteiger partial charge in [0.2, 0.25) is 23.6 Å². The van der Waals surface area contributed by atoms with Gasteiger partial charge in [0.25, 0.3) is 0 Å². The maximum atomic E-state index is 14.3. The van der Waals surface area contributed by atoms with Crippen LogP contribution in [0.1, 0.15) is 31.2 Å². The number of amides is 5. The van der Waals surface area contributed by atoms with Gasteiger partial charge in [0.1, 0.15) is 17.3 Å². The van der Waals surface area contributed by atoms with Gasteiger partial charge in [-0.3, -0.25) is 19.2 Å². The van der Waals surface area contributed by atoms with Crippen LogP contribution in [0.4, 0.5) is 28.0 Å². The number of phenolic OH excluding ortho intramolecular Hbond substituents is 1. The Morgan fingerprint density at radius 1 is 1.04 bits per heavy atom. The van der Waals surface area contributed by atoms with E-state index in [0.717, 1.165) is 48.4 Å². The lowest BCUT2D eigenvalue weighted by molar-refractivity contribution is -0.274. The quantitative estimate of drug-likeness (QED) is 0.277. The van der Waals surface area contributed by atoms with E-state index in [9.17, 15) is 46.6 Å². The zero-order valence-electron chi connectivity index (χ0n) is 23.4. The molecule has 6 rings (SSSR count). The second-order valence-electron chi connectivity index (χ2n) is 11.5. The van der Waals surface area contributed by atoms with Crippen LogP contribution in [-0.2, 0) is 23.9 Å². The number of anilines is 1. The Bertz CT molecular complexity index is 1730. The minimum absolute atomic E-state index is 0.0667. The second kappa shape index (κ2) is 10.3. The highest BCUT2D eigenvalue weighted by molar-refractivity contribution is 6.31. The second-order valence-corrected chi connectivity index (χ2v) is 11.9. The average molecular weight is 651 g/mol. The van der Waals surface area contributed by atoms with Crippen LogP contribution in [0, 0.1) is 34.9 Å². The molecule has 6 atom stereocenters. The van der Waals surface area contributed by atoms with Crippen LogP contribution in [0.5, 0.6) is 11.5 Å². The molecule has 2 aliphatic heterocycles. The van der Waals surface area contributed by atoms with E-state index in [-0.39, 0.29) is 29.1 Å². The SMILES string of the molecule is COC(=O)N1C(=O)[C@H]2[C@H](CC=C3[C@H]2C[C@H]2C(=O)N(c4ccc(F)c(Cl)c4)C(=O)[C@@]2(C)[C@H]3c2cc(OC(F)(F)F)ccc2O)C1=O. The molecular weight excluding hydrogens is 628 g/mol. The van der Waals surface area contributed by atoms with Crippen molar-refractivity contribution in [1.82, 2.24) is 4.90 Å². The molecule has 1 saturated carbocycles. The Labute approximate surface area is 257 Å². The summed E-state index contributed by atoms with van der Waals surface area (Å²) in [4.78, 5) is 68.7. The zero-order valence-corrected chi connectivity index (χ0v) is 24.2. The number of alkyl halides is 3. The highest BCUT2D eigenvalue weighted by Crippen LogP contribution is 2.64. The summed E-state index contributed by atoms with van der Waals surface area (Å²) in [6, 6.07) is 5.93. The summed E-state index contributed by atoms with van der Waals surface area (Å²) in [5.41, 5.74) is -1.69. The van der Waals surface area contributed by atoms with Gasteiger partial charge in [-0.25, -0.2) is 14.1 Å². The Kier molecular flexibility index (Phi) is 6.99. The van der Waals surface area contributed by atoms with Gasteiger partial charge in [-0.1, -0.05) is 23.3 Å². The minimum atomic E-state index is -5.10. The molecule has 0 unspecified atom stereocenters. The van der Waals surface area contributed by atoms with Crippen molar-refractivity contribution in [3.05, 3.63) is 64.5 Å². The predicted octanol–water partition coefficient (Wildman–Crippen LogP) is 5.08. The predicted molar refractivity (Wildman–Crippen MR) is 145 cm³/mol. The van der Waals surface area contributed by atoms with Crippen LogP contribution < -0.4 is 9.64 Å². The average Bonchev–Trinajstić information content (AvgIpc) is 3.34. The molecule has 5 amide bonds. The number of phenols is 1. The lowest BCUT2D eigenvalue weighted by Crippen LogP contribution is -2.49. The molecule has 2 aliphatic carbocycles. The van der Waals surface area contributed by atoms with Crippen LogP contribution in [0.25, 0.3) is 0 Å². The van der Waals surface area contributed by atoms with Crippen molar-refractivity contribution in [2.24, 2.45) is 29.1 Å². The molecular formula is C30H23ClF4N2O8. The fourth-order valence-electron chi connectivity index (χ4n) is 7.46. The topological polar surface area (TPSA) is 131 Å². The summed E-state index contributed by atoms with van der Waals surface area (Å²) in [6.07, 6.45) is -4.97. The number of carbonyl (C=O) groups is 5. The van der Waals surface area contributed by atoms with Gasteiger partial charge in [-0.2, -0.15) is 4.90 Å². The number of allylic oxidation sites excluding steroid dienone is 2. The highest BCUT2D eigenvalue weighted by atomic mass is 35.5. The third-order valence-corrected chi connectivity index (χ3v) is 9.63. The number of imide groups is 4. The first kappa shape index (κ1) is 30.6.